The van der Waals surface area contributed by atoms with E-state index in [-0.39, 0.29) is 35.1 Å². The van der Waals surface area contributed by atoms with Gasteiger partial charge in [0.2, 0.25) is 11.8 Å². The van der Waals surface area contributed by atoms with Crippen LogP contribution in [0.1, 0.15) is 31.9 Å². The van der Waals surface area contributed by atoms with E-state index in [1.165, 1.54) is 24.6 Å². The third-order valence-corrected chi connectivity index (χ3v) is 6.60. The number of carbonyl (C=O) groups excluding carboxylic acids is 3. The third kappa shape index (κ3) is 3.39. The second-order valence-corrected chi connectivity index (χ2v) is 9.05. The number of carboxylic acid groups (broad SMARTS) is 1. The van der Waals surface area contributed by atoms with Crippen LogP contribution in [0, 0.1) is 17.8 Å². The lowest BCUT2D eigenvalue weighted by Gasteiger charge is -2.34. The van der Waals surface area contributed by atoms with Crippen LogP contribution in [-0.4, -0.2) is 40.6 Å². The predicted octanol–water partition coefficient (Wildman–Crippen LogP) is 0.0651. The largest absolute Gasteiger partial charge is 0.544 e. The standard InChI is InChI=1S/C24H26N2O7/c1-12(2)11-24(23(31)32)19-18(20(25-24)14-9-8-13(27)10-16(14)28)21(29)26(22(19)30)15-6-4-5-7-17(15)33-3/h4-10,12,18-20,25,27-28H,11H2,1-3H3,(H,31,32). The zero-order valence-corrected chi connectivity index (χ0v) is 18.5. The van der Waals surface area contributed by atoms with E-state index < -0.39 is 41.2 Å². The summed E-state index contributed by atoms with van der Waals surface area (Å²) in [5, 5.41) is 34.3. The number of phenolic OH excluding ortho intramolecular Hbond substituents is 2. The Morgan fingerprint density at radius 2 is 1.88 bits per heavy atom. The van der Waals surface area contributed by atoms with Crippen LogP contribution < -0.4 is 20.1 Å². The third-order valence-electron chi connectivity index (χ3n) is 6.60. The van der Waals surface area contributed by atoms with E-state index in [2.05, 4.69) is 0 Å². The number of imide groups is 1. The number of methoxy groups -OCH3 is 1. The first kappa shape index (κ1) is 22.6. The summed E-state index contributed by atoms with van der Waals surface area (Å²) in [6.07, 6.45) is 0.0879. The van der Waals surface area contributed by atoms with E-state index in [4.69, 9.17) is 4.74 Å². The fraction of sp³-hybridized carbons (Fsp3) is 0.375. The van der Waals surface area contributed by atoms with Crippen molar-refractivity contribution in [1.82, 2.24) is 0 Å². The molecule has 0 aromatic heterocycles. The smallest absolute Gasteiger partial charge is 0.244 e. The first-order chi connectivity index (χ1) is 15.6. The fourth-order valence-electron chi connectivity index (χ4n) is 5.42. The van der Waals surface area contributed by atoms with Crippen molar-refractivity contribution in [3.8, 4) is 17.2 Å². The number of phenols is 2. The minimum Gasteiger partial charge on any atom is -0.544 e. The number of anilines is 1. The van der Waals surface area contributed by atoms with E-state index >= 15 is 0 Å². The Morgan fingerprint density at radius 3 is 2.48 bits per heavy atom. The van der Waals surface area contributed by atoms with Crippen molar-refractivity contribution in [1.29, 1.82) is 0 Å². The first-order valence-corrected chi connectivity index (χ1v) is 10.7. The van der Waals surface area contributed by atoms with E-state index in [0.717, 1.165) is 11.0 Å². The topological polar surface area (TPSA) is 144 Å². The van der Waals surface area contributed by atoms with Gasteiger partial charge in [-0.1, -0.05) is 26.0 Å². The molecule has 2 aliphatic rings. The van der Waals surface area contributed by atoms with Crippen LogP contribution in [0.2, 0.25) is 0 Å². The van der Waals surface area contributed by atoms with Crippen molar-refractivity contribution in [3.63, 3.8) is 0 Å². The molecule has 4 atom stereocenters. The zero-order valence-electron chi connectivity index (χ0n) is 18.5. The summed E-state index contributed by atoms with van der Waals surface area (Å²) in [5.41, 5.74) is -1.22. The summed E-state index contributed by atoms with van der Waals surface area (Å²) in [6, 6.07) is 9.56. The normalized spacial score (nSPS) is 26.7. The van der Waals surface area contributed by atoms with E-state index in [1.807, 2.05) is 13.8 Å². The summed E-state index contributed by atoms with van der Waals surface area (Å²) >= 11 is 0. The summed E-state index contributed by atoms with van der Waals surface area (Å²) in [7, 11) is 1.42. The maximum Gasteiger partial charge on any atom is 0.244 e. The van der Waals surface area contributed by atoms with E-state index in [1.54, 1.807) is 24.3 Å². The van der Waals surface area contributed by atoms with Gasteiger partial charge in [0.25, 0.3) is 0 Å². The molecule has 174 valence electrons. The highest BCUT2D eigenvalue weighted by Gasteiger charge is 2.70. The van der Waals surface area contributed by atoms with Gasteiger partial charge in [-0.15, -0.1) is 0 Å². The average Bonchev–Trinajstić information content (AvgIpc) is 3.22. The van der Waals surface area contributed by atoms with Crippen LogP contribution in [-0.2, 0) is 14.4 Å². The molecule has 2 aliphatic heterocycles. The quantitative estimate of drug-likeness (QED) is 0.524. The number of para-hydroxylation sites is 2. The number of fused-ring (bicyclic) bond motifs is 1. The van der Waals surface area contributed by atoms with Crippen LogP contribution >= 0.6 is 0 Å². The van der Waals surface area contributed by atoms with Crippen molar-refractivity contribution >= 4 is 23.5 Å². The van der Waals surface area contributed by atoms with Gasteiger partial charge in [-0.25, -0.2) is 4.90 Å². The van der Waals surface area contributed by atoms with Crippen molar-refractivity contribution in [2.24, 2.45) is 17.8 Å². The van der Waals surface area contributed by atoms with Gasteiger partial charge in [0.1, 0.15) is 46.6 Å². The van der Waals surface area contributed by atoms with Crippen LogP contribution in [0.5, 0.6) is 17.2 Å². The molecule has 4 N–H and O–H groups in total. The van der Waals surface area contributed by atoms with Crippen molar-refractivity contribution in [2.75, 3.05) is 12.0 Å². The molecule has 2 fully saturated rings. The number of carboxylic acids is 1. The van der Waals surface area contributed by atoms with E-state index in [0.29, 0.717) is 5.75 Å². The summed E-state index contributed by atoms with van der Waals surface area (Å²) in [5.74, 6) is -5.20. The number of hydrogen-bond acceptors (Lipinski definition) is 7. The maximum atomic E-state index is 13.7. The molecule has 0 saturated carbocycles. The summed E-state index contributed by atoms with van der Waals surface area (Å²) in [6.45, 7) is 3.66. The lowest BCUT2D eigenvalue weighted by molar-refractivity contribution is -0.740. The number of aliphatic carboxylic acids is 1. The molecule has 4 unspecified atom stereocenters. The highest BCUT2D eigenvalue weighted by atomic mass is 16.5. The number of ether oxygens (including phenoxy) is 1. The Labute approximate surface area is 190 Å². The number of quaternary nitrogens is 1. The first-order valence-electron chi connectivity index (χ1n) is 10.7. The van der Waals surface area contributed by atoms with Gasteiger partial charge in [-0.3, -0.25) is 9.59 Å². The van der Waals surface area contributed by atoms with Gasteiger partial charge in [0.15, 0.2) is 0 Å². The van der Waals surface area contributed by atoms with Crippen LogP contribution in [0.15, 0.2) is 42.5 Å². The van der Waals surface area contributed by atoms with Crippen molar-refractivity contribution in [3.05, 3.63) is 48.0 Å². The highest BCUT2D eigenvalue weighted by molar-refractivity contribution is 6.24. The number of rotatable bonds is 6. The number of carbonyl (C=O) groups is 3. The molecule has 2 saturated heterocycles. The SMILES string of the molecule is COc1ccccc1N1C(=O)C2C(c3ccc(O)cc3O)[NH2+]C(CC(C)C)(C(=O)[O-])C2C1=O. The minimum atomic E-state index is -1.71. The summed E-state index contributed by atoms with van der Waals surface area (Å²) < 4.78 is 5.33. The Bertz CT molecular complexity index is 1130. The number of aromatic hydroxyl groups is 2. The second kappa shape index (κ2) is 8.08. The number of hydrogen-bond donors (Lipinski definition) is 3. The molecule has 2 amide bonds. The molecule has 0 radical (unpaired) electrons. The van der Waals surface area contributed by atoms with Crippen LogP contribution in [0.25, 0.3) is 0 Å². The van der Waals surface area contributed by atoms with Gasteiger partial charge in [-0.2, -0.15) is 0 Å². The minimum absolute atomic E-state index is 0.0879. The molecule has 0 aliphatic carbocycles. The molecular weight excluding hydrogens is 428 g/mol. The zero-order chi connectivity index (χ0) is 24.1. The molecule has 0 bridgehead atoms. The van der Waals surface area contributed by atoms with Gasteiger partial charge in [0.05, 0.1) is 18.4 Å². The molecule has 0 spiro atoms. The van der Waals surface area contributed by atoms with Gasteiger partial charge in [0, 0.05) is 12.5 Å². The van der Waals surface area contributed by atoms with Gasteiger partial charge >= 0.3 is 0 Å². The number of nitrogens with zero attached hydrogens (tertiary/aromatic N) is 1. The molecule has 4 rings (SSSR count). The Hall–Kier alpha value is -3.59. The van der Waals surface area contributed by atoms with Crippen LogP contribution in [0.4, 0.5) is 5.69 Å². The van der Waals surface area contributed by atoms with E-state index in [9.17, 15) is 29.7 Å². The fourth-order valence-corrected chi connectivity index (χ4v) is 5.42. The Morgan fingerprint density at radius 1 is 1.18 bits per heavy atom. The van der Waals surface area contributed by atoms with Crippen molar-refractivity contribution < 1.29 is 39.8 Å². The summed E-state index contributed by atoms with van der Waals surface area (Å²) in [4.78, 5) is 41.0. The number of benzene rings is 2. The molecular formula is C24H26N2O7. The van der Waals surface area contributed by atoms with Gasteiger partial charge < -0.3 is 30.2 Å². The Balaban J connectivity index is 1.91. The molecule has 2 aromatic rings. The predicted molar refractivity (Wildman–Crippen MR) is 114 cm³/mol. The molecule has 2 aromatic carbocycles. The second-order valence-electron chi connectivity index (χ2n) is 9.05. The lowest BCUT2D eigenvalue weighted by Crippen LogP contribution is -2.99. The highest BCUT2D eigenvalue weighted by Crippen LogP contribution is 2.49. The maximum absolute atomic E-state index is 13.7. The Kier molecular flexibility index (Phi) is 5.53. The molecule has 9 nitrogen and oxygen atoms in total. The number of nitrogens with two attached hydrogens (primary N) is 1. The average molecular weight is 454 g/mol. The molecule has 9 heteroatoms. The van der Waals surface area contributed by atoms with Crippen molar-refractivity contribution in [2.45, 2.75) is 31.8 Å². The lowest BCUT2D eigenvalue weighted by atomic mass is 9.75. The monoisotopic (exact) mass is 454 g/mol. The molecule has 2 heterocycles. The molecule has 33 heavy (non-hydrogen) atoms. The van der Waals surface area contributed by atoms with Gasteiger partial charge in [-0.05, 0) is 30.2 Å². The van der Waals surface area contributed by atoms with Crippen LogP contribution in [0.3, 0.4) is 0 Å². The number of amides is 2.